The van der Waals surface area contributed by atoms with E-state index in [9.17, 15) is 19.5 Å². The van der Waals surface area contributed by atoms with Crippen LogP contribution in [0.4, 0.5) is 0 Å². The van der Waals surface area contributed by atoms with Crippen LogP contribution in [0.2, 0.25) is 0 Å². The van der Waals surface area contributed by atoms with Gasteiger partial charge in [-0.25, -0.2) is 4.79 Å². The van der Waals surface area contributed by atoms with Crippen molar-refractivity contribution < 1.29 is 42.9 Å². The van der Waals surface area contributed by atoms with Gasteiger partial charge in [-0.15, -0.1) is 0 Å². The number of unbranched alkanes of at least 4 members (excludes halogenated alkanes) is 47. The van der Waals surface area contributed by atoms with Crippen LogP contribution < -0.4 is 0 Å². The number of ether oxygens (including phenoxy) is 4. The summed E-state index contributed by atoms with van der Waals surface area (Å²) >= 11 is 0. The van der Waals surface area contributed by atoms with E-state index in [0.717, 1.165) is 77.0 Å². The van der Waals surface area contributed by atoms with Crippen LogP contribution in [-0.2, 0) is 33.3 Å². The summed E-state index contributed by atoms with van der Waals surface area (Å²) < 4.78 is 23.1. The summed E-state index contributed by atoms with van der Waals surface area (Å²) in [7, 11) is 6.00. The first-order chi connectivity index (χ1) is 45.1. The average molecular weight is 1290 g/mol. The van der Waals surface area contributed by atoms with Crippen LogP contribution in [0.25, 0.3) is 0 Å². The van der Waals surface area contributed by atoms with Crippen molar-refractivity contribution in [2.45, 2.75) is 392 Å². The Morgan fingerprint density at radius 1 is 0.337 bits per heavy atom. The van der Waals surface area contributed by atoms with Gasteiger partial charge in [-0.3, -0.25) is 9.59 Å². The minimum Gasteiger partial charge on any atom is -0.477 e. The van der Waals surface area contributed by atoms with Crippen molar-refractivity contribution in [3.63, 3.8) is 0 Å². The topological polar surface area (TPSA) is 108 Å². The van der Waals surface area contributed by atoms with Gasteiger partial charge in [0.2, 0.25) is 0 Å². The minimum atomic E-state index is -1.51. The molecule has 9 heteroatoms. The van der Waals surface area contributed by atoms with Crippen LogP contribution in [0.15, 0.2) is 72.9 Å². The molecule has 0 aliphatic rings. The molecule has 0 aromatic heterocycles. The Kier molecular flexibility index (Phi) is 70.9. The number of allylic oxidation sites excluding steroid dienone is 12. The van der Waals surface area contributed by atoms with Gasteiger partial charge in [0.25, 0.3) is 6.29 Å². The Morgan fingerprint density at radius 2 is 0.620 bits per heavy atom. The largest absolute Gasteiger partial charge is 0.477 e. The number of rotatable bonds is 74. The zero-order valence-corrected chi connectivity index (χ0v) is 61.5. The van der Waals surface area contributed by atoms with Gasteiger partial charge in [-0.05, 0) is 64.2 Å². The standard InChI is InChI=1S/C83H151NO8/c1-6-8-10-12-14-16-18-20-22-24-26-28-30-32-34-36-37-38-39-40-41-42-43-44-45-46-48-50-52-54-56-58-60-62-64-66-68-70-72-74-81(86)92-79(78-91-83(82(87)88)89-76-75-84(3,4)5)77-90-80(85)73-71-69-67-65-63-61-59-57-55-53-51-49-47-35-33-31-29-27-25-23-21-19-17-15-13-11-9-7-2/h8,10,14,16,20,22,26,28,32,34,37-38,79,83H,6-7,9,11-13,15,17-19,21,23-25,27,29-31,33,35-36,39-78H2,1-5H3/p+1/b10-8-,16-14-,22-20-,28-26-,34-32-,38-37-. The fourth-order valence-electron chi connectivity index (χ4n) is 11.7. The highest BCUT2D eigenvalue weighted by atomic mass is 16.7. The number of carbonyl (C=O) groups is 3. The zero-order valence-electron chi connectivity index (χ0n) is 61.5. The molecular formula is C83H152NO8+. The van der Waals surface area contributed by atoms with Crippen molar-refractivity contribution in [3.8, 4) is 0 Å². The number of hydrogen-bond acceptors (Lipinski definition) is 7. The number of aliphatic carboxylic acids is 1. The number of carbonyl (C=O) groups excluding carboxylic acids is 2. The van der Waals surface area contributed by atoms with E-state index in [1.165, 1.54) is 276 Å². The van der Waals surface area contributed by atoms with Crippen molar-refractivity contribution in [1.29, 1.82) is 0 Å². The molecule has 0 saturated carbocycles. The lowest BCUT2D eigenvalue weighted by Gasteiger charge is -2.25. The lowest BCUT2D eigenvalue weighted by Crippen LogP contribution is -2.40. The first-order valence-corrected chi connectivity index (χ1v) is 39.6. The van der Waals surface area contributed by atoms with Crippen molar-refractivity contribution in [1.82, 2.24) is 0 Å². The summed E-state index contributed by atoms with van der Waals surface area (Å²) in [5.74, 6) is -1.98. The van der Waals surface area contributed by atoms with Gasteiger partial charge in [-0.1, -0.05) is 376 Å². The summed E-state index contributed by atoms with van der Waals surface area (Å²) in [6, 6.07) is 0. The van der Waals surface area contributed by atoms with Crippen LogP contribution in [-0.4, -0.2) is 87.4 Å². The Balaban J connectivity index is 3.99. The minimum absolute atomic E-state index is 0.177. The molecule has 1 N–H and O–H groups in total. The monoisotopic (exact) mass is 1290 g/mol. The van der Waals surface area contributed by atoms with Crippen molar-refractivity contribution in [2.75, 3.05) is 47.5 Å². The van der Waals surface area contributed by atoms with E-state index in [1.54, 1.807) is 0 Å². The Bertz CT molecular complexity index is 1740. The summed E-state index contributed by atoms with van der Waals surface area (Å²) in [6.07, 6.45) is 96.3. The molecule has 0 amide bonds. The molecule has 0 saturated heterocycles. The second-order valence-electron chi connectivity index (χ2n) is 28.0. The summed E-state index contributed by atoms with van der Waals surface area (Å²) in [4.78, 5) is 37.7. The van der Waals surface area contributed by atoms with Gasteiger partial charge >= 0.3 is 17.9 Å². The zero-order chi connectivity index (χ0) is 66.8. The predicted octanol–water partition coefficient (Wildman–Crippen LogP) is 25.2. The van der Waals surface area contributed by atoms with E-state index in [1.807, 2.05) is 21.1 Å². The third-order valence-electron chi connectivity index (χ3n) is 17.7. The lowest BCUT2D eigenvalue weighted by atomic mass is 10.0. The average Bonchev–Trinajstić information content (AvgIpc) is 3.75. The lowest BCUT2D eigenvalue weighted by molar-refractivity contribution is -0.870. The molecule has 2 unspecified atom stereocenters. The number of carboxylic acid groups (broad SMARTS) is 1. The number of carboxylic acids is 1. The fourth-order valence-corrected chi connectivity index (χ4v) is 11.7. The molecule has 0 aliphatic carbocycles. The maximum Gasteiger partial charge on any atom is 0.361 e. The smallest absolute Gasteiger partial charge is 0.361 e. The normalized spacial score (nSPS) is 13.0. The van der Waals surface area contributed by atoms with E-state index in [4.69, 9.17) is 18.9 Å². The molecule has 536 valence electrons. The number of likely N-dealkylation sites (N-methyl/N-ethyl adjacent to an activating group) is 1. The molecule has 0 radical (unpaired) electrons. The van der Waals surface area contributed by atoms with Crippen LogP contribution in [0.5, 0.6) is 0 Å². The molecule has 0 aromatic carbocycles. The maximum absolute atomic E-state index is 13.0. The molecule has 0 heterocycles. The third kappa shape index (κ3) is 74.1. The van der Waals surface area contributed by atoms with E-state index < -0.39 is 18.4 Å². The Hall–Kier alpha value is -3.27. The highest BCUT2D eigenvalue weighted by Crippen LogP contribution is 2.20. The first-order valence-electron chi connectivity index (χ1n) is 39.6. The van der Waals surface area contributed by atoms with Gasteiger partial charge in [0.1, 0.15) is 13.2 Å². The maximum atomic E-state index is 13.0. The molecule has 9 nitrogen and oxygen atoms in total. The molecular weight excluding hydrogens is 1140 g/mol. The van der Waals surface area contributed by atoms with Crippen LogP contribution in [0, 0.1) is 0 Å². The SMILES string of the molecule is CC/C=C\C/C=C\C/C=C\C/C=C\C/C=C\C/C=C\CCCCCCCCCCCCCCCCCCCCCCC(=O)OC(COC(=O)CCCCCCCCCCCCCCCCCCCCCCCCCCCCCC)COC(OCC[N+](C)(C)C)C(=O)O. The highest BCUT2D eigenvalue weighted by molar-refractivity contribution is 5.71. The van der Waals surface area contributed by atoms with Crippen molar-refractivity contribution in [2.24, 2.45) is 0 Å². The fraction of sp³-hybridized carbons (Fsp3) is 0.819. The highest BCUT2D eigenvalue weighted by Gasteiger charge is 2.25. The number of hydrogen-bond donors (Lipinski definition) is 1. The quantitative estimate of drug-likeness (QED) is 0.0211. The van der Waals surface area contributed by atoms with E-state index in [0.29, 0.717) is 17.4 Å². The van der Waals surface area contributed by atoms with Gasteiger partial charge in [0.05, 0.1) is 34.4 Å². The van der Waals surface area contributed by atoms with Gasteiger partial charge in [0, 0.05) is 12.8 Å². The summed E-state index contributed by atoms with van der Waals surface area (Å²) in [6.45, 7) is 4.83. The van der Waals surface area contributed by atoms with E-state index in [-0.39, 0.29) is 38.2 Å². The third-order valence-corrected chi connectivity index (χ3v) is 17.7. The second-order valence-corrected chi connectivity index (χ2v) is 28.0. The van der Waals surface area contributed by atoms with Gasteiger partial charge < -0.3 is 28.5 Å². The van der Waals surface area contributed by atoms with Crippen LogP contribution in [0.1, 0.15) is 380 Å². The van der Waals surface area contributed by atoms with Crippen LogP contribution in [0.3, 0.4) is 0 Å². The molecule has 0 aliphatic heterocycles. The molecule has 2 atom stereocenters. The molecule has 0 aromatic rings. The molecule has 0 bridgehead atoms. The number of nitrogens with zero attached hydrogens (tertiary/aromatic N) is 1. The van der Waals surface area contributed by atoms with E-state index >= 15 is 0 Å². The van der Waals surface area contributed by atoms with Crippen molar-refractivity contribution in [3.05, 3.63) is 72.9 Å². The predicted molar refractivity (Wildman–Crippen MR) is 396 cm³/mol. The summed E-state index contributed by atoms with van der Waals surface area (Å²) in [5, 5.41) is 9.77. The van der Waals surface area contributed by atoms with Gasteiger partial charge in [0.15, 0.2) is 6.10 Å². The Labute approximate surface area is 570 Å². The first kappa shape index (κ1) is 88.7. The Morgan fingerprint density at radius 3 is 0.924 bits per heavy atom. The number of quaternary nitrogens is 1. The summed E-state index contributed by atoms with van der Waals surface area (Å²) in [5.41, 5.74) is 0. The van der Waals surface area contributed by atoms with Crippen molar-refractivity contribution >= 4 is 17.9 Å². The molecule has 0 rings (SSSR count). The van der Waals surface area contributed by atoms with Crippen LogP contribution >= 0.6 is 0 Å². The molecule has 0 spiro atoms. The van der Waals surface area contributed by atoms with Gasteiger partial charge in [-0.2, -0.15) is 0 Å². The van der Waals surface area contributed by atoms with E-state index in [2.05, 4.69) is 86.8 Å². The number of esters is 2. The molecule has 0 fully saturated rings. The molecule has 92 heavy (non-hydrogen) atoms. The second kappa shape index (κ2) is 73.5.